The fourth-order valence-corrected chi connectivity index (χ4v) is 4.75. The third-order valence-electron chi connectivity index (χ3n) is 2.61. The molecule has 0 bridgehead atoms. The van der Waals surface area contributed by atoms with E-state index < -0.39 is 24.8 Å². The molecule has 0 fully saturated rings. The fraction of sp³-hybridized carbons (Fsp3) is 0.0588. The van der Waals surface area contributed by atoms with Crippen LogP contribution in [-0.4, -0.2) is 21.9 Å². The van der Waals surface area contributed by atoms with Gasteiger partial charge in [-0.05, 0) is 23.3 Å². The lowest BCUT2D eigenvalue weighted by Crippen LogP contribution is -2.11. The molecule has 0 aliphatic rings. The summed E-state index contributed by atoms with van der Waals surface area (Å²) in [6.45, 7) is 7.02. The van der Waals surface area contributed by atoms with Crippen LogP contribution in [-0.2, 0) is 19.7 Å². The lowest BCUT2D eigenvalue weighted by molar-refractivity contribution is 0.598. The van der Waals surface area contributed by atoms with E-state index in [9.17, 15) is 16.8 Å². The van der Waals surface area contributed by atoms with E-state index in [0.717, 1.165) is 10.8 Å². The zero-order valence-electron chi connectivity index (χ0n) is 12.5. The van der Waals surface area contributed by atoms with Crippen LogP contribution in [0, 0.1) is 0 Å². The van der Waals surface area contributed by atoms with Gasteiger partial charge in [0.2, 0.25) is 0 Å². The van der Waals surface area contributed by atoms with E-state index in [1.807, 2.05) is 0 Å². The van der Waals surface area contributed by atoms with Gasteiger partial charge in [-0.2, -0.15) is 0 Å². The van der Waals surface area contributed by atoms with Gasteiger partial charge in [0.25, 0.3) is 0 Å². The molecule has 23 heavy (non-hydrogen) atoms. The zero-order valence-corrected chi connectivity index (χ0v) is 14.1. The molecule has 0 saturated carbocycles. The second-order valence-corrected chi connectivity index (χ2v) is 8.70. The number of rotatable bonds is 8. The van der Waals surface area contributed by atoms with E-state index in [1.54, 1.807) is 36.4 Å². The minimum Gasteiger partial charge on any atom is -0.223 e. The van der Waals surface area contributed by atoms with Crippen LogP contribution in [0.4, 0.5) is 0 Å². The molecule has 122 valence electrons. The van der Waals surface area contributed by atoms with Crippen LogP contribution in [0.2, 0.25) is 0 Å². The van der Waals surface area contributed by atoms with Crippen molar-refractivity contribution in [2.75, 3.05) is 5.08 Å². The van der Waals surface area contributed by atoms with Crippen molar-refractivity contribution in [1.29, 1.82) is 0 Å². The molecule has 0 unspecified atom stereocenters. The van der Waals surface area contributed by atoms with Crippen molar-refractivity contribution in [3.05, 3.63) is 89.7 Å². The van der Waals surface area contributed by atoms with Crippen LogP contribution in [0.5, 0.6) is 0 Å². The van der Waals surface area contributed by atoms with Gasteiger partial charge in [-0.15, -0.1) is 0 Å². The normalized spacial score (nSPS) is 13.5. The third kappa shape index (κ3) is 7.58. The maximum absolute atomic E-state index is 11.9. The standard InChI is InChI=1S/C17H18O4S2/c1-3-8-16(4-2)11-13-22(18,19)15-23(20,21)14-12-17-9-6-5-7-10-17/h3-14H,1-2,15H2/b13-11+,14-12+,16-8+. The highest BCUT2D eigenvalue weighted by Gasteiger charge is 2.17. The summed E-state index contributed by atoms with van der Waals surface area (Å²) < 4.78 is 47.6. The second-order valence-electron chi connectivity index (χ2n) is 4.57. The van der Waals surface area contributed by atoms with Gasteiger partial charge < -0.3 is 0 Å². The smallest absolute Gasteiger partial charge is 0.186 e. The molecule has 0 aliphatic carbocycles. The topological polar surface area (TPSA) is 68.3 Å². The van der Waals surface area contributed by atoms with Crippen molar-refractivity contribution >= 4 is 25.8 Å². The Morgan fingerprint density at radius 3 is 2.13 bits per heavy atom. The monoisotopic (exact) mass is 350 g/mol. The fourth-order valence-electron chi connectivity index (χ4n) is 1.56. The highest BCUT2D eigenvalue weighted by atomic mass is 32.3. The Bertz CT molecular complexity index is 841. The Labute approximate surface area is 137 Å². The van der Waals surface area contributed by atoms with Crippen molar-refractivity contribution in [2.45, 2.75) is 0 Å². The molecule has 4 nitrogen and oxygen atoms in total. The molecule has 0 atom stereocenters. The summed E-state index contributed by atoms with van der Waals surface area (Å²) in [5.41, 5.74) is 1.19. The maximum Gasteiger partial charge on any atom is 0.186 e. The molecule has 0 spiro atoms. The van der Waals surface area contributed by atoms with Crippen LogP contribution >= 0.6 is 0 Å². The van der Waals surface area contributed by atoms with Gasteiger partial charge in [-0.25, -0.2) is 16.8 Å². The number of hydrogen-bond acceptors (Lipinski definition) is 4. The van der Waals surface area contributed by atoms with Crippen LogP contribution in [0.15, 0.2) is 84.2 Å². The average Bonchev–Trinajstić information content (AvgIpc) is 2.49. The van der Waals surface area contributed by atoms with Gasteiger partial charge in [0.05, 0.1) is 0 Å². The van der Waals surface area contributed by atoms with E-state index in [0.29, 0.717) is 11.1 Å². The molecule has 1 aromatic carbocycles. The molecule has 6 heteroatoms. The number of hydrogen-bond donors (Lipinski definition) is 0. The summed E-state index contributed by atoms with van der Waals surface area (Å²) in [4.78, 5) is 0. The molecule has 0 heterocycles. The lowest BCUT2D eigenvalue weighted by Gasteiger charge is -1.99. The Kier molecular flexibility index (Phi) is 6.93. The summed E-state index contributed by atoms with van der Waals surface area (Å²) in [6.07, 6.45) is 7.12. The van der Waals surface area contributed by atoms with Crippen LogP contribution in [0.1, 0.15) is 5.56 Å². The second kappa shape index (κ2) is 8.45. The van der Waals surface area contributed by atoms with E-state index in [2.05, 4.69) is 13.2 Å². The molecular weight excluding hydrogens is 332 g/mol. The Balaban J connectivity index is 2.89. The number of benzene rings is 1. The summed E-state index contributed by atoms with van der Waals surface area (Å²) in [5, 5.41) is 0.776. The average molecular weight is 350 g/mol. The van der Waals surface area contributed by atoms with Crippen molar-refractivity contribution in [3.8, 4) is 0 Å². The molecule has 0 N–H and O–H groups in total. The van der Waals surface area contributed by atoms with Gasteiger partial charge in [0.1, 0.15) is 0 Å². The van der Waals surface area contributed by atoms with Crippen molar-refractivity contribution < 1.29 is 16.8 Å². The van der Waals surface area contributed by atoms with Gasteiger partial charge in [0, 0.05) is 10.8 Å². The van der Waals surface area contributed by atoms with Crippen molar-refractivity contribution in [3.63, 3.8) is 0 Å². The Morgan fingerprint density at radius 1 is 0.957 bits per heavy atom. The van der Waals surface area contributed by atoms with E-state index in [4.69, 9.17) is 0 Å². The minimum absolute atomic E-state index is 0.515. The number of sulfone groups is 2. The quantitative estimate of drug-likeness (QED) is 0.675. The lowest BCUT2D eigenvalue weighted by atomic mass is 10.2. The van der Waals surface area contributed by atoms with Gasteiger partial charge in [0.15, 0.2) is 24.8 Å². The molecule has 0 saturated heterocycles. The van der Waals surface area contributed by atoms with Crippen molar-refractivity contribution in [1.82, 2.24) is 0 Å². The van der Waals surface area contributed by atoms with Gasteiger partial charge >= 0.3 is 0 Å². The van der Waals surface area contributed by atoms with Gasteiger partial charge in [-0.3, -0.25) is 0 Å². The zero-order chi connectivity index (χ0) is 17.3. The molecule has 0 amide bonds. The highest BCUT2D eigenvalue weighted by molar-refractivity contribution is 8.10. The highest BCUT2D eigenvalue weighted by Crippen LogP contribution is 2.08. The Morgan fingerprint density at radius 2 is 1.57 bits per heavy atom. The third-order valence-corrected chi connectivity index (χ3v) is 6.34. The molecular formula is C17H18O4S2. The molecule has 1 rings (SSSR count). The predicted molar refractivity (Wildman–Crippen MR) is 95.8 cm³/mol. The summed E-state index contributed by atoms with van der Waals surface area (Å²) >= 11 is 0. The van der Waals surface area contributed by atoms with Gasteiger partial charge in [-0.1, -0.05) is 61.7 Å². The molecule has 0 aromatic heterocycles. The molecule has 1 aromatic rings. The van der Waals surface area contributed by atoms with Crippen LogP contribution in [0.3, 0.4) is 0 Å². The summed E-state index contributed by atoms with van der Waals surface area (Å²) in [5.74, 6) is 0. The first kappa shape index (κ1) is 18.9. The first-order valence-electron chi connectivity index (χ1n) is 6.60. The van der Waals surface area contributed by atoms with E-state index >= 15 is 0 Å². The SMILES string of the molecule is C=C/C=C(C=C)/C=C/S(=O)(=O)CS(=O)(=O)/C=C/c1ccccc1. The molecule has 0 aliphatic heterocycles. The Hall–Kier alpha value is -2.18. The minimum atomic E-state index is -3.91. The van der Waals surface area contributed by atoms with E-state index in [1.165, 1.54) is 24.3 Å². The van der Waals surface area contributed by atoms with Crippen LogP contribution < -0.4 is 0 Å². The number of allylic oxidation sites excluding steroid dienone is 5. The predicted octanol–water partition coefficient (Wildman–Crippen LogP) is 3.26. The first-order valence-corrected chi connectivity index (χ1v) is 10.0. The summed E-state index contributed by atoms with van der Waals surface area (Å²) in [6, 6.07) is 8.76. The maximum atomic E-state index is 11.9. The van der Waals surface area contributed by atoms with Crippen LogP contribution in [0.25, 0.3) is 6.08 Å². The molecule has 0 radical (unpaired) electrons. The first-order chi connectivity index (χ1) is 10.8. The largest absolute Gasteiger partial charge is 0.223 e. The summed E-state index contributed by atoms with van der Waals surface area (Å²) in [7, 11) is -7.80. The van der Waals surface area contributed by atoms with E-state index in [-0.39, 0.29) is 0 Å². The van der Waals surface area contributed by atoms with Crippen molar-refractivity contribution in [2.24, 2.45) is 0 Å².